The molecule has 1 aliphatic heterocycles. The minimum absolute atomic E-state index is 0.0305. The maximum absolute atomic E-state index is 15.2. The number of esters is 2. The van der Waals surface area contributed by atoms with Gasteiger partial charge < -0.3 is 24.5 Å². The number of nitrogens with one attached hydrogen (secondary N) is 1. The molecule has 3 N–H and O–H groups in total. The third-order valence-electron chi connectivity index (χ3n) is 12.6. The number of halogens is 1. The Morgan fingerprint density at radius 1 is 0.855 bits per heavy atom. The number of hydrogen-bond acceptors (Lipinski definition) is 12. The Morgan fingerprint density at radius 3 is 2.01 bits per heavy atom. The van der Waals surface area contributed by atoms with Gasteiger partial charge in [0, 0.05) is 12.8 Å². The van der Waals surface area contributed by atoms with Gasteiger partial charge in [0.25, 0.3) is 0 Å². The SMILES string of the molecule is C#C[C@]1(CO[P@](=O)(N[C@@H](Cc2ccccc2)C(=O)OCCCCCCCCCCCCCCCC)Oc2ccccc2)O[C@@H](n2cnc3c(N)nc(F)nc32)C[C@@H]1OC(=O)CCCCCCCCC. The zero-order chi connectivity index (χ0) is 49.2. The second-order valence-corrected chi connectivity index (χ2v) is 19.9. The molecule has 4 aromatic rings. The topological polar surface area (TPSA) is 179 Å². The van der Waals surface area contributed by atoms with Crippen molar-refractivity contribution in [2.24, 2.45) is 0 Å². The van der Waals surface area contributed by atoms with Crippen molar-refractivity contribution < 1.29 is 41.8 Å². The predicted molar refractivity (Wildman–Crippen MR) is 267 cm³/mol. The van der Waals surface area contributed by atoms with Crippen LogP contribution in [0.1, 0.15) is 173 Å². The average molecular weight is 975 g/mol. The zero-order valence-corrected chi connectivity index (χ0v) is 41.9. The van der Waals surface area contributed by atoms with Crippen LogP contribution in [0.15, 0.2) is 67.0 Å². The van der Waals surface area contributed by atoms with E-state index >= 15 is 4.57 Å². The summed E-state index contributed by atoms with van der Waals surface area (Å²) in [6.45, 7) is 3.98. The Bertz CT molecular complexity index is 2210. The molecule has 2 aromatic carbocycles. The summed E-state index contributed by atoms with van der Waals surface area (Å²) >= 11 is 0. The molecule has 69 heavy (non-hydrogen) atoms. The van der Waals surface area contributed by atoms with Crippen LogP contribution >= 0.6 is 7.75 Å². The van der Waals surface area contributed by atoms with Gasteiger partial charge in [-0.2, -0.15) is 19.4 Å². The fraction of sp³-hybridized carbons (Fsp3) is 0.604. The first kappa shape index (κ1) is 55.1. The molecule has 3 heterocycles. The average Bonchev–Trinajstić information content (AvgIpc) is 3.94. The smallest absolute Gasteiger partial charge is 0.459 e. The lowest BCUT2D eigenvalue weighted by Gasteiger charge is -2.31. The molecule has 0 saturated carbocycles. The number of benzene rings is 2. The molecule has 1 fully saturated rings. The van der Waals surface area contributed by atoms with Crippen molar-refractivity contribution in [2.45, 2.75) is 192 Å². The molecule has 0 unspecified atom stereocenters. The number of ether oxygens (including phenoxy) is 3. The Balaban J connectivity index is 1.28. The molecule has 378 valence electrons. The number of nitrogens with two attached hydrogens (primary N) is 1. The number of hydrogen-bond donors (Lipinski definition) is 2. The molecule has 5 atom stereocenters. The number of terminal acetylenes is 1. The molecule has 0 aliphatic carbocycles. The highest BCUT2D eigenvalue weighted by atomic mass is 31.2. The number of aromatic nitrogens is 4. The summed E-state index contributed by atoms with van der Waals surface area (Å²) in [5, 5.41) is 2.90. The van der Waals surface area contributed by atoms with Crippen LogP contribution in [0.5, 0.6) is 5.75 Å². The van der Waals surface area contributed by atoms with E-state index in [1.165, 1.54) is 81.5 Å². The number of para-hydroxylation sites is 1. The summed E-state index contributed by atoms with van der Waals surface area (Å²) in [5.74, 6) is 1.51. The summed E-state index contributed by atoms with van der Waals surface area (Å²) < 4.78 is 61.9. The van der Waals surface area contributed by atoms with E-state index in [1.54, 1.807) is 30.3 Å². The molecular formula is C53H76FN6O8P. The van der Waals surface area contributed by atoms with Crippen molar-refractivity contribution in [1.82, 2.24) is 24.6 Å². The molecular weight excluding hydrogens is 899 g/mol. The number of fused-ring (bicyclic) bond motifs is 1. The fourth-order valence-electron chi connectivity index (χ4n) is 8.60. The molecule has 0 spiro atoms. The number of carbonyl (C=O) groups is 2. The third kappa shape index (κ3) is 18.4. The van der Waals surface area contributed by atoms with E-state index in [-0.39, 0.29) is 48.6 Å². The number of imidazole rings is 1. The van der Waals surface area contributed by atoms with Crippen molar-refractivity contribution in [3.8, 4) is 18.1 Å². The van der Waals surface area contributed by atoms with Crippen LogP contribution in [0.4, 0.5) is 10.2 Å². The van der Waals surface area contributed by atoms with E-state index in [0.717, 1.165) is 56.9 Å². The zero-order valence-electron chi connectivity index (χ0n) is 41.0. The van der Waals surface area contributed by atoms with Crippen LogP contribution in [0.3, 0.4) is 0 Å². The second-order valence-electron chi connectivity index (χ2n) is 18.2. The molecule has 16 heteroatoms. The monoisotopic (exact) mass is 975 g/mol. The number of carbonyl (C=O) groups excluding carboxylic acids is 2. The summed E-state index contributed by atoms with van der Waals surface area (Å²) in [5.41, 5.74) is 5.04. The predicted octanol–water partition coefficient (Wildman–Crippen LogP) is 12.3. The van der Waals surface area contributed by atoms with Crippen molar-refractivity contribution in [3.63, 3.8) is 0 Å². The van der Waals surface area contributed by atoms with Crippen LogP contribution in [0, 0.1) is 18.4 Å². The molecule has 1 saturated heterocycles. The van der Waals surface area contributed by atoms with Gasteiger partial charge in [0.2, 0.25) is 0 Å². The van der Waals surface area contributed by atoms with Gasteiger partial charge in [-0.1, -0.05) is 190 Å². The van der Waals surface area contributed by atoms with Crippen LogP contribution in [-0.2, 0) is 39.3 Å². The van der Waals surface area contributed by atoms with Crippen molar-refractivity contribution in [2.75, 3.05) is 18.9 Å². The number of nitrogen functional groups attached to an aromatic ring is 1. The highest BCUT2D eigenvalue weighted by molar-refractivity contribution is 7.52. The van der Waals surface area contributed by atoms with Crippen LogP contribution in [0.25, 0.3) is 11.2 Å². The van der Waals surface area contributed by atoms with E-state index in [9.17, 15) is 14.0 Å². The van der Waals surface area contributed by atoms with E-state index in [1.807, 2.05) is 30.3 Å². The van der Waals surface area contributed by atoms with Gasteiger partial charge in [0.1, 0.15) is 30.7 Å². The van der Waals surface area contributed by atoms with Crippen LogP contribution in [0.2, 0.25) is 0 Å². The van der Waals surface area contributed by atoms with Gasteiger partial charge in [-0.05, 0) is 37.0 Å². The second kappa shape index (κ2) is 30.0. The summed E-state index contributed by atoms with van der Waals surface area (Å²) in [7, 11) is -4.57. The third-order valence-corrected chi connectivity index (χ3v) is 14.1. The number of rotatable bonds is 35. The van der Waals surface area contributed by atoms with Crippen molar-refractivity contribution >= 4 is 36.7 Å². The summed E-state index contributed by atoms with van der Waals surface area (Å²) in [4.78, 5) is 39.2. The molecule has 0 radical (unpaired) electrons. The fourth-order valence-corrected chi connectivity index (χ4v) is 10.1. The number of unbranched alkanes of at least 4 members (excludes halogenated alkanes) is 19. The Hall–Kier alpha value is -4.87. The molecule has 0 bridgehead atoms. The van der Waals surface area contributed by atoms with Crippen molar-refractivity contribution in [3.05, 3.63) is 78.6 Å². The van der Waals surface area contributed by atoms with Gasteiger partial charge in [0.15, 0.2) is 22.6 Å². The first-order valence-electron chi connectivity index (χ1n) is 25.6. The highest BCUT2D eigenvalue weighted by Gasteiger charge is 2.53. The normalized spacial score (nSPS) is 18.1. The van der Waals surface area contributed by atoms with Gasteiger partial charge in [0.05, 0.1) is 12.9 Å². The van der Waals surface area contributed by atoms with E-state index in [2.05, 4.69) is 39.8 Å². The molecule has 14 nitrogen and oxygen atoms in total. The summed E-state index contributed by atoms with van der Waals surface area (Å²) in [6, 6.07) is 16.5. The lowest BCUT2D eigenvalue weighted by atomic mass is 9.98. The van der Waals surface area contributed by atoms with Gasteiger partial charge in [-0.15, -0.1) is 6.42 Å². The Kier molecular flexibility index (Phi) is 23.9. The van der Waals surface area contributed by atoms with E-state index in [0.29, 0.717) is 12.8 Å². The lowest BCUT2D eigenvalue weighted by Crippen LogP contribution is -2.46. The number of anilines is 1. The molecule has 0 amide bonds. The summed E-state index contributed by atoms with van der Waals surface area (Å²) in [6.07, 6.45) is 28.5. The quantitative estimate of drug-likeness (QED) is 0.0146. The first-order valence-corrected chi connectivity index (χ1v) is 27.1. The Morgan fingerprint density at radius 2 is 1.42 bits per heavy atom. The largest absolute Gasteiger partial charge is 0.465 e. The minimum atomic E-state index is -4.57. The lowest BCUT2D eigenvalue weighted by molar-refractivity contribution is -0.158. The maximum atomic E-state index is 15.2. The van der Waals surface area contributed by atoms with Crippen LogP contribution in [-0.4, -0.2) is 62.4 Å². The molecule has 5 rings (SSSR count). The van der Waals surface area contributed by atoms with Gasteiger partial charge in [-0.3, -0.25) is 18.7 Å². The Labute approximate surface area is 409 Å². The van der Waals surface area contributed by atoms with E-state index in [4.69, 9.17) is 35.4 Å². The first-order chi connectivity index (χ1) is 33.6. The molecule has 2 aromatic heterocycles. The van der Waals surface area contributed by atoms with Gasteiger partial charge >= 0.3 is 25.8 Å². The molecule has 1 aliphatic rings. The maximum Gasteiger partial charge on any atom is 0.459 e. The number of nitrogens with zero attached hydrogens (tertiary/aromatic N) is 4. The van der Waals surface area contributed by atoms with Crippen molar-refractivity contribution in [1.29, 1.82) is 0 Å². The standard InChI is InChI=1S/C53H76FN6O8P/c1-4-7-9-11-13-14-15-16-17-18-19-21-23-31-37-64-51(62)44(38-42-32-26-24-27-33-42)59-69(63,68-43-34-28-25-29-35-43)65-40-53(6-3)45(66-47(61)36-30-22-20-12-10-8-5-2)39-46(67-53)60-41-56-48-49(55)57-52(54)58-50(48)60/h3,24-29,32-35,41,44-46H,4-5,7-23,30-31,36-40H2,1-2H3,(H,59,63)(H2,55,57,58)/t44-,45-,46+,53+,69+/m0/s1. The van der Waals surface area contributed by atoms with Crippen LogP contribution < -0.4 is 15.3 Å². The van der Waals surface area contributed by atoms with E-state index < -0.39 is 56.3 Å². The van der Waals surface area contributed by atoms with Gasteiger partial charge in [-0.25, -0.2) is 9.55 Å². The highest BCUT2D eigenvalue weighted by Crippen LogP contribution is 2.49. The minimum Gasteiger partial charge on any atom is -0.465 e.